The minimum absolute atomic E-state index is 0.233. The van der Waals surface area contributed by atoms with E-state index in [0.717, 1.165) is 28.2 Å². The lowest BCUT2D eigenvalue weighted by Gasteiger charge is -2.12. The van der Waals surface area contributed by atoms with Gasteiger partial charge in [-0.05, 0) is 38.1 Å². The molecule has 0 atom stereocenters. The molecule has 2 aromatic heterocycles. The lowest BCUT2D eigenvalue weighted by atomic mass is 10.2. The maximum absolute atomic E-state index is 12.5. The van der Waals surface area contributed by atoms with Crippen LogP contribution in [0.2, 0.25) is 0 Å². The molecule has 2 N–H and O–H groups in total. The molecule has 0 radical (unpaired) electrons. The number of anilines is 1. The number of hydrogen-bond acceptors (Lipinski definition) is 9. The molecule has 0 amide bonds. The molecule has 0 saturated heterocycles. The van der Waals surface area contributed by atoms with Crippen molar-refractivity contribution in [3.63, 3.8) is 0 Å². The third kappa shape index (κ3) is 5.01. The standard InChI is InChI=1S/C25H23N5O3S2/c1-4-33-24(31)21-20(19(13-26)22(27)35-21)14-34-25-29-28-23(16-6-5-7-18(12-16)32-3)30(25)17-10-8-15(2)9-11-17/h5-12H,4,14,27H2,1-3H3. The fraction of sp³-hybridized carbons (Fsp3) is 0.200. The number of ether oxygens (including phenoxy) is 2. The molecule has 2 aromatic carbocycles. The molecule has 178 valence electrons. The molecule has 0 aliphatic heterocycles. The summed E-state index contributed by atoms with van der Waals surface area (Å²) in [6.45, 7) is 3.99. The maximum Gasteiger partial charge on any atom is 0.348 e. The van der Waals surface area contributed by atoms with E-state index < -0.39 is 5.97 Å². The first-order valence-electron chi connectivity index (χ1n) is 10.7. The molecule has 0 aliphatic carbocycles. The van der Waals surface area contributed by atoms with Gasteiger partial charge in [0, 0.05) is 22.6 Å². The van der Waals surface area contributed by atoms with Crippen LogP contribution >= 0.6 is 23.1 Å². The largest absolute Gasteiger partial charge is 0.497 e. The Morgan fingerprint density at radius 2 is 2.00 bits per heavy atom. The summed E-state index contributed by atoms with van der Waals surface area (Å²) in [4.78, 5) is 12.8. The van der Waals surface area contributed by atoms with E-state index in [2.05, 4.69) is 16.3 Å². The molecule has 0 fully saturated rings. The van der Waals surface area contributed by atoms with Crippen molar-refractivity contribution in [2.75, 3.05) is 19.5 Å². The van der Waals surface area contributed by atoms with Crippen LogP contribution in [0, 0.1) is 18.3 Å². The van der Waals surface area contributed by atoms with Crippen molar-refractivity contribution in [1.29, 1.82) is 5.26 Å². The fourth-order valence-electron chi connectivity index (χ4n) is 3.48. The van der Waals surface area contributed by atoms with Gasteiger partial charge in [0.1, 0.15) is 21.7 Å². The minimum atomic E-state index is -0.488. The van der Waals surface area contributed by atoms with E-state index in [9.17, 15) is 10.1 Å². The van der Waals surface area contributed by atoms with Gasteiger partial charge in [-0.25, -0.2) is 4.79 Å². The Morgan fingerprint density at radius 3 is 2.69 bits per heavy atom. The van der Waals surface area contributed by atoms with Gasteiger partial charge in [0.2, 0.25) is 0 Å². The van der Waals surface area contributed by atoms with Crippen LogP contribution < -0.4 is 10.5 Å². The van der Waals surface area contributed by atoms with E-state index >= 15 is 0 Å². The molecule has 0 saturated carbocycles. The molecule has 0 spiro atoms. The normalized spacial score (nSPS) is 10.7. The number of methoxy groups -OCH3 is 1. The van der Waals surface area contributed by atoms with Crippen molar-refractivity contribution in [3.8, 4) is 28.9 Å². The van der Waals surface area contributed by atoms with Crippen molar-refractivity contribution in [2.24, 2.45) is 0 Å². The summed E-state index contributed by atoms with van der Waals surface area (Å²) in [5.41, 5.74) is 9.72. The molecule has 8 nitrogen and oxygen atoms in total. The minimum Gasteiger partial charge on any atom is -0.497 e. The highest BCUT2D eigenvalue weighted by molar-refractivity contribution is 7.98. The quantitative estimate of drug-likeness (QED) is 0.255. The summed E-state index contributed by atoms with van der Waals surface area (Å²) in [6, 6.07) is 17.8. The van der Waals surface area contributed by atoms with Crippen molar-refractivity contribution >= 4 is 34.1 Å². The van der Waals surface area contributed by atoms with Crippen LogP contribution in [-0.2, 0) is 10.5 Å². The molecule has 10 heteroatoms. The number of carbonyl (C=O) groups is 1. The fourth-order valence-corrected chi connectivity index (χ4v) is 5.49. The third-order valence-electron chi connectivity index (χ3n) is 5.21. The number of nitrogens with two attached hydrogens (primary N) is 1. The lowest BCUT2D eigenvalue weighted by molar-refractivity contribution is 0.0531. The zero-order chi connectivity index (χ0) is 24.9. The Kier molecular flexibility index (Phi) is 7.39. The van der Waals surface area contributed by atoms with E-state index in [1.54, 1.807) is 14.0 Å². The Labute approximate surface area is 211 Å². The highest BCUT2D eigenvalue weighted by Gasteiger charge is 2.24. The number of hydrogen-bond donors (Lipinski definition) is 1. The van der Waals surface area contributed by atoms with E-state index in [0.29, 0.717) is 43.5 Å². The second-order valence-electron chi connectivity index (χ2n) is 7.48. The van der Waals surface area contributed by atoms with Crippen molar-refractivity contribution in [2.45, 2.75) is 24.8 Å². The lowest BCUT2D eigenvalue weighted by Crippen LogP contribution is -2.06. The molecular weight excluding hydrogens is 482 g/mol. The SMILES string of the molecule is CCOC(=O)c1sc(N)c(C#N)c1CSc1nnc(-c2cccc(OC)c2)n1-c1ccc(C)cc1. The summed E-state index contributed by atoms with van der Waals surface area (Å²) >= 11 is 2.44. The van der Waals surface area contributed by atoms with Crippen LogP contribution in [0.4, 0.5) is 5.00 Å². The summed E-state index contributed by atoms with van der Waals surface area (Å²) in [6.07, 6.45) is 0. The summed E-state index contributed by atoms with van der Waals surface area (Å²) in [5.74, 6) is 1.17. The number of esters is 1. The zero-order valence-corrected chi connectivity index (χ0v) is 21.1. The topological polar surface area (TPSA) is 116 Å². The van der Waals surface area contributed by atoms with Gasteiger partial charge in [-0.1, -0.05) is 41.6 Å². The van der Waals surface area contributed by atoms with E-state index in [4.69, 9.17) is 15.2 Å². The van der Waals surface area contributed by atoms with Gasteiger partial charge in [-0.3, -0.25) is 4.57 Å². The van der Waals surface area contributed by atoms with Gasteiger partial charge in [0.25, 0.3) is 0 Å². The number of rotatable bonds is 8. The van der Waals surface area contributed by atoms with Gasteiger partial charge >= 0.3 is 5.97 Å². The van der Waals surface area contributed by atoms with Crippen LogP contribution in [0.1, 0.15) is 33.3 Å². The first-order valence-corrected chi connectivity index (χ1v) is 12.5. The van der Waals surface area contributed by atoms with Crippen molar-refractivity contribution in [1.82, 2.24) is 14.8 Å². The van der Waals surface area contributed by atoms with Crippen LogP contribution in [0.15, 0.2) is 53.7 Å². The predicted octanol–water partition coefficient (Wildman–Crippen LogP) is 5.24. The predicted molar refractivity (Wildman–Crippen MR) is 137 cm³/mol. The van der Waals surface area contributed by atoms with Gasteiger partial charge in [-0.15, -0.1) is 21.5 Å². The molecule has 4 rings (SSSR count). The molecule has 2 heterocycles. The average Bonchev–Trinajstić information content (AvgIpc) is 3.43. The second-order valence-corrected chi connectivity index (χ2v) is 9.47. The smallest absolute Gasteiger partial charge is 0.348 e. The van der Waals surface area contributed by atoms with Crippen LogP contribution in [0.25, 0.3) is 17.1 Å². The number of nitrogen functional groups attached to an aromatic ring is 1. The Hall–Kier alpha value is -3.81. The van der Waals surface area contributed by atoms with Gasteiger partial charge in [0.05, 0.1) is 19.3 Å². The van der Waals surface area contributed by atoms with Gasteiger partial charge in [-0.2, -0.15) is 5.26 Å². The Balaban J connectivity index is 1.76. The number of thioether (sulfide) groups is 1. The average molecular weight is 506 g/mol. The number of aryl methyl sites for hydroxylation is 1. The monoisotopic (exact) mass is 505 g/mol. The van der Waals surface area contributed by atoms with Gasteiger partial charge < -0.3 is 15.2 Å². The van der Waals surface area contributed by atoms with Crippen molar-refractivity contribution < 1.29 is 14.3 Å². The molecule has 0 aliphatic rings. The number of benzene rings is 2. The summed E-state index contributed by atoms with van der Waals surface area (Å²) in [7, 11) is 1.62. The van der Waals surface area contributed by atoms with Crippen LogP contribution in [-0.4, -0.2) is 34.5 Å². The molecular formula is C25H23N5O3S2. The number of carbonyl (C=O) groups excluding carboxylic acids is 1. The summed E-state index contributed by atoms with van der Waals surface area (Å²) < 4.78 is 12.5. The highest BCUT2D eigenvalue weighted by Crippen LogP contribution is 2.37. The highest BCUT2D eigenvalue weighted by atomic mass is 32.2. The maximum atomic E-state index is 12.5. The number of nitriles is 1. The molecule has 4 aromatic rings. The molecule has 0 unspecified atom stereocenters. The number of aromatic nitrogens is 3. The Bertz CT molecular complexity index is 1400. The Morgan fingerprint density at radius 1 is 1.23 bits per heavy atom. The van der Waals surface area contributed by atoms with Crippen molar-refractivity contribution in [3.05, 3.63) is 70.1 Å². The van der Waals surface area contributed by atoms with E-state index in [1.807, 2.05) is 60.0 Å². The van der Waals surface area contributed by atoms with E-state index in [1.165, 1.54) is 11.8 Å². The van der Waals surface area contributed by atoms with Gasteiger partial charge in [0.15, 0.2) is 11.0 Å². The first kappa shape index (κ1) is 24.3. The molecule has 0 bridgehead atoms. The number of nitrogens with zero attached hydrogens (tertiary/aromatic N) is 4. The van der Waals surface area contributed by atoms with Crippen LogP contribution in [0.5, 0.6) is 5.75 Å². The first-order chi connectivity index (χ1) is 17.0. The third-order valence-corrected chi connectivity index (χ3v) is 7.20. The number of thiophene rings is 1. The molecule has 35 heavy (non-hydrogen) atoms. The summed E-state index contributed by atoms with van der Waals surface area (Å²) in [5, 5.41) is 19.5. The zero-order valence-electron chi connectivity index (χ0n) is 19.4. The second kappa shape index (κ2) is 10.6. The van der Waals surface area contributed by atoms with Crippen LogP contribution in [0.3, 0.4) is 0 Å². The van der Waals surface area contributed by atoms with E-state index in [-0.39, 0.29) is 6.61 Å².